The van der Waals surface area contributed by atoms with E-state index in [9.17, 15) is 14.4 Å². The van der Waals surface area contributed by atoms with Crippen LogP contribution in [0.4, 0.5) is 4.79 Å². The van der Waals surface area contributed by atoms with Gasteiger partial charge >= 0.3 is 6.09 Å². The highest BCUT2D eigenvalue weighted by molar-refractivity contribution is 6.21. The van der Waals surface area contributed by atoms with Crippen LogP contribution in [0.5, 0.6) is 0 Å². The minimum absolute atomic E-state index is 0.267. The Bertz CT molecular complexity index is 525. The molecule has 0 bridgehead atoms. The van der Waals surface area contributed by atoms with Gasteiger partial charge in [-0.15, -0.1) is 0 Å². The highest BCUT2D eigenvalue weighted by Crippen LogP contribution is 2.20. The minimum atomic E-state index is -0.845. The number of imide groups is 1. The van der Waals surface area contributed by atoms with Crippen LogP contribution in [-0.4, -0.2) is 28.5 Å². The summed E-state index contributed by atoms with van der Waals surface area (Å²) >= 11 is 0. The molecular weight excluding hydrogens is 248 g/mol. The number of ether oxygens (including phenoxy) is 1. The quantitative estimate of drug-likeness (QED) is 0.782. The van der Waals surface area contributed by atoms with E-state index in [-0.39, 0.29) is 11.1 Å². The van der Waals surface area contributed by atoms with E-state index in [4.69, 9.17) is 4.74 Å². The summed E-state index contributed by atoms with van der Waals surface area (Å²) in [5.41, 5.74) is 1.98. The van der Waals surface area contributed by atoms with Gasteiger partial charge in [0, 0.05) is 0 Å². The molecular formula is C13H14N2O4. The monoisotopic (exact) mass is 262 g/mol. The van der Waals surface area contributed by atoms with E-state index in [1.165, 1.54) is 12.1 Å². The molecule has 1 heterocycles. The van der Waals surface area contributed by atoms with Gasteiger partial charge in [0.1, 0.15) is 5.60 Å². The Balaban J connectivity index is 2.15. The van der Waals surface area contributed by atoms with Crippen molar-refractivity contribution in [1.82, 2.24) is 10.4 Å². The fourth-order valence-electron chi connectivity index (χ4n) is 1.68. The van der Waals surface area contributed by atoms with Crippen molar-refractivity contribution in [3.8, 4) is 0 Å². The van der Waals surface area contributed by atoms with Gasteiger partial charge in [-0.25, -0.2) is 10.2 Å². The zero-order valence-electron chi connectivity index (χ0n) is 10.9. The molecule has 0 atom stereocenters. The van der Waals surface area contributed by atoms with Crippen molar-refractivity contribution in [2.75, 3.05) is 0 Å². The number of benzene rings is 1. The molecule has 100 valence electrons. The van der Waals surface area contributed by atoms with Crippen molar-refractivity contribution in [3.05, 3.63) is 35.4 Å². The molecule has 6 heteroatoms. The van der Waals surface area contributed by atoms with E-state index in [2.05, 4.69) is 5.43 Å². The smallest absolute Gasteiger partial charge is 0.427 e. The second-order valence-electron chi connectivity index (χ2n) is 5.10. The molecule has 0 fully saturated rings. The average molecular weight is 262 g/mol. The number of hydrazine groups is 1. The van der Waals surface area contributed by atoms with E-state index in [0.717, 1.165) is 0 Å². The Hall–Kier alpha value is -2.37. The molecule has 1 aliphatic heterocycles. The first kappa shape index (κ1) is 13.1. The third-order valence-electron chi connectivity index (χ3n) is 2.40. The number of hydrogen-bond acceptors (Lipinski definition) is 4. The first-order valence-electron chi connectivity index (χ1n) is 5.77. The van der Waals surface area contributed by atoms with Crippen molar-refractivity contribution in [2.45, 2.75) is 26.4 Å². The predicted octanol–water partition coefficient (Wildman–Crippen LogP) is 1.72. The second-order valence-corrected chi connectivity index (χ2v) is 5.10. The molecule has 1 N–H and O–H groups in total. The maximum Gasteiger partial charge on any atom is 0.427 e. The number of rotatable bonds is 1. The van der Waals surface area contributed by atoms with Crippen LogP contribution >= 0.6 is 0 Å². The summed E-state index contributed by atoms with van der Waals surface area (Å²) in [6, 6.07) is 6.38. The first-order chi connectivity index (χ1) is 8.79. The van der Waals surface area contributed by atoms with Gasteiger partial charge in [-0.3, -0.25) is 9.59 Å². The number of carbonyl (C=O) groups excluding carboxylic acids is 3. The van der Waals surface area contributed by atoms with Crippen molar-refractivity contribution in [3.63, 3.8) is 0 Å². The molecule has 3 amide bonds. The summed E-state index contributed by atoms with van der Waals surface area (Å²) in [5.74, 6) is -1.13. The van der Waals surface area contributed by atoms with Gasteiger partial charge in [0.05, 0.1) is 11.1 Å². The van der Waals surface area contributed by atoms with Crippen molar-refractivity contribution < 1.29 is 19.1 Å². The lowest BCUT2D eigenvalue weighted by atomic mass is 10.1. The molecule has 0 saturated heterocycles. The van der Waals surface area contributed by atoms with Crippen LogP contribution in [0.3, 0.4) is 0 Å². The lowest BCUT2D eigenvalue weighted by molar-refractivity contribution is 0.0289. The maximum atomic E-state index is 11.9. The van der Waals surface area contributed by atoms with Gasteiger partial charge in [-0.1, -0.05) is 12.1 Å². The van der Waals surface area contributed by atoms with E-state index in [0.29, 0.717) is 5.01 Å². The van der Waals surface area contributed by atoms with Crippen LogP contribution in [0, 0.1) is 0 Å². The molecule has 6 nitrogen and oxygen atoms in total. The fraction of sp³-hybridized carbons (Fsp3) is 0.308. The third kappa shape index (κ3) is 2.57. The summed E-state index contributed by atoms with van der Waals surface area (Å²) in [5, 5.41) is 0.665. The number of nitrogens with zero attached hydrogens (tertiary/aromatic N) is 1. The Labute approximate surface area is 110 Å². The third-order valence-corrected chi connectivity index (χ3v) is 2.40. The van der Waals surface area contributed by atoms with Crippen molar-refractivity contribution >= 4 is 17.9 Å². The summed E-state index contributed by atoms with van der Waals surface area (Å²) in [7, 11) is 0. The molecule has 0 aliphatic carbocycles. The number of amides is 3. The van der Waals surface area contributed by atoms with Crippen LogP contribution in [0.1, 0.15) is 41.5 Å². The summed E-state index contributed by atoms with van der Waals surface area (Å²) in [6.45, 7) is 5.07. The molecule has 2 rings (SSSR count). The van der Waals surface area contributed by atoms with Crippen LogP contribution in [0.2, 0.25) is 0 Å². The van der Waals surface area contributed by atoms with Crippen LogP contribution < -0.4 is 5.43 Å². The summed E-state index contributed by atoms with van der Waals surface area (Å²) < 4.78 is 5.00. The summed E-state index contributed by atoms with van der Waals surface area (Å²) in [6.07, 6.45) is -0.845. The lowest BCUT2D eigenvalue weighted by Crippen LogP contribution is -2.47. The van der Waals surface area contributed by atoms with Crippen LogP contribution in [-0.2, 0) is 4.74 Å². The highest BCUT2D eigenvalue weighted by Gasteiger charge is 2.37. The number of fused-ring (bicyclic) bond motifs is 1. The fourth-order valence-corrected chi connectivity index (χ4v) is 1.68. The molecule has 1 aliphatic rings. The average Bonchev–Trinajstić information content (AvgIpc) is 2.53. The lowest BCUT2D eigenvalue weighted by Gasteiger charge is -2.22. The Morgan fingerprint density at radius 1 is 1.11 bits per heavy atom. The summed E-state index contributed by atoms with van der Waals surface area (Å²) in [4.78, 5) is 35.5. The number of carbonyl (C=O) groups is 3. The highest BCUT2D eigenvalue weighted by atomic mass is 16.6. The Morgan fingerprint density at radius 2 is 1.58 bits per heavy atom. The zero-order chi connectivity index (χ0) is 14.2. The maximum absolute atomic E-state index is 11.9. The van der Waals surface area contributed by atoms with Gasteiger partial charge in [0.25, 0.3) is 11.8 Å². The molecule has 0 aromatic heterocycles. The largest absolute Gasteiger partial charge is 0.443 e. The van der Waals surface area contributed by atoms with Crippen molar-refractivity contribution in [2.24, 2.45) is 0 Å². The standard InChI is InChI=1S/C13H14N2O4/c1-13(2,3)19-12(18)14-15-10(16)8-6-4-5-7-9(8)11(15)17/h4-7H,1-3H3,(H,14,18). The number of hydrogen-bond donors (Lipinski definition) is 1. The van der Waals surface area contributed by atoms with E-state index < -0.39 is 23.5 Å². The van der Waals surface area contributed by atoms with E-state index in [1.807, 2.05) is 0 Å². The van der Waals surface area contributed by atoms with Crippen LogP contribution in [0.15, 0.2) is 24.3 Å². The second kappa shape index (κ2) is 4.38. The van der Waals surface area contributed by atoms with Gasteiger partial charge in [-0.05, 0) is 32.9 Å². The van der Waals surface area contributed by atoms with Gasteiger partial charge in [0.2, 0.25) is 0 Å². The molecule has 0 unspecified atom stereocenters. The van der Waals surface area contributed by atoms with Gasteiger partial charge in [0.15, 0.2) is 0 Å². The molecule has 19 heavy (non-hydrogen) atoms. The van der Waals surface area contributed by atoms with E-state index >= 15 is 0 Å². The normalized spacial score (nSPS) is 14.4. The minimum Gasteiger partial charge on any atom is -0.443 e. The Kier molecular flexibility index (Phi) is 3.01. The first-order valence-corrected chi connectivity index (χ1v) is 5.77. The SMILES string of the molecule is CC(C)(C)OC(=O)NN1C(=O)c2ccccc2C1=O. The molecule has 1 aromatic carbocycles. The predicted molar refractivity (Wildman–Crippen MR) is 66.3 cm³/mol. The Morgan fingerprint density at radius 3 is 2.00 bits per heavy atom. The van der Waals surface area contributed by atoms with Gasteiger partial charge < -0.3 is 4.74 Å². The molecule has 0 spiro atoms. The number of nitrogens with one attached hydrogen (secondary N) is 1. The zero-order valence-corrected chi connectivity index (χ0v) is 10.9. The van der Waals surface area contributed by atoms with Gasteiger partial charge in [-0.2, -0.15) is 5.01 Å². The molecule has 0 saturated carbocycles. The topological polar surface area (TPSA) is 75.7 Å². The van der Waals surface area contributed by atoms with E-state index in [1.54, 1.807) is 32.9 Å². The van der Waals surface area contributed by atoms with Crippen molar-refractivity contribution in [1.29, 1.82) is 0 Å². The molecule has 0 radical (unpaired) electrons. The molecule has 1 aromatic rings. The van der Waals surface area contributed by atoms with Crippen LogP contribution in [0.25, 0.3) is 0 Å².